The van der Waals surface area contributed by atoms with Crippen molar-refractivity contribution in [3.8, 4) is 16.9 Å². The van der Waals surface area contributed by atoms with E-state index in [4.69, 9.17) is 16.3 Å². The molecule has 0 saturated heterocycles. The number of aromatic amines is 1. The van der Waals surface area contributed by atoms with Gasteiger partial charge in [0.1, 0.15) is 11.4 Å². The first kappa shape index (κ1) is 28.1. The van der Waals surface area contributed by atoms with E-state index < -0.39 is 23.6 Å². The molecule has 0 atom stereocenters. The Bertz CT molecular complexity index is 1800. The van der Waals surface area contributed by atoms with Crippen LogP contribution in [0.15, 0.2) is 101 Å². The summed E-state index contributed by atoms with van der Waals surface area (Å²) in [5.74, 6) is -1.49. The molecule has 0 bridgehead atoms. The number of hydrazone groups is 1. The minimum absolute atomic E-state index is 0.0418. The molecule has 0 aliphatic carbocycles. The molecule has 41 heavy (non-hydrogen) atoms. The van der Waals surface area contributed by atoms with Crippen LogP contribution in [0.4, 0.5) is 13.2 Å². The number of nitrogens with one attached hydrogen (secondary N) is 2. The van der Waals surface area contributed by atoms with E-state index in [0.717, 1.165) is 27.6 Å². The van der Waals surface area contributed by atoms with Crippen LogP contribution in [-0.2, 0) is 6.18 Å². The van der Waals surface area contributed by atoms with Gasteiger partial charge in [0, 0.05) is 21.0 Å². The number of alkyl halides is 3. The number of hydrogen-bond donors (Lipinski definition) is 2. The van der Waals surface area contributed by atoms with Crippen LogP contribution in [0.25, 0.3) is 22.0 Å². The number of fused-ring (bicyclic) bond motifs is 1. The second-order valence-corrected chi connectivity index (χ2v) is 10.1. The Labute approximate surface area is 244 Å². The lowest BCUT2D eigenvalue weighted by atomic mass is 10.0. The monoisotopic (exact) mass is 639 g/mol. The van der Waals surface area contributed by atoms with E-state index in [0.29, 0.717) is 27.7 Å². The normalized spacial score (nSPS) is 11.6. The lowest BCUT2D eigenvalue weighted by molar-refractivity contribution is -0.137. The van der Waals surface area contributed by atoms with Crippen LogP contribution in [0.2, 0.25) is 5.02 Å². The van der Waals surface area contributed by atoms with Gasteiger partial charge in [-0.3, -0.25) is 4.79 Å². The molecule has 11 heteroatoms. The number of benzene rings is 4. The lowest BCUT2D eigenvalue weighted by Crippen LogP contribution is -2.19. The van der Waals surface area contributed by atoms with Gasteiger partial charge in [-0.05, 0) is 48.0 Å². The Morgan fingerprint density at radius 1 is 0.951 bits per heavy atom. The third-order valence-corrected chi connectivity index (χ3v) is 6.79. The molecule has 5 aromatic rings. The predicted octanol–water partition coefficient (Wildman–Crippen LogP) is 8.25. The average Bonchev–Trinajstić information content (AvgIpc) is 3.34. The number of carbonyl (C=O) groups is 2. The standard InChI is InChI=1S/C30H18BrClF3N3O3/c31-21-14-22-25(17-7-2-1-3-8-17)27(37-26(22)23(32)15-21)28(39)38-36-16-19-9-4-5-12-24(19)41-29(40)18-10-6-11-20(13-18)30(33,34)35/h1-16,37H,(H,38,39). The van der Waals surface area contributed by atoms with Crippen molar-refractivity contribution in [1.82, 2.24) is 10.4 Å². The van der Waals surface area contributed by atoms with Crippen molar-refractivity contribution in [3.05, 3.63) is 123 Å². The average molecular weight is 641 g/mol. The highest BCUT2D eigenvalue weighted by atomic mass is 79.9. The quantitative estimate of drug-likeness (QED) is 0.0849. The molecule has 0 fully saturated rings. The van der Waals surface area contributed by atoms with Crippen molar-refractivity contribution in [2.75, 3.05) is 0 Å². The molecule has 0 radical (unpaired) electrons. The van der Waals surface area contributed by atoms with E-state index in [1.807, 2.05) is 36.4 Å². The highest BCUT2D eigenvalue weighted by molar-refractivity contribution is 9.10. The molecule has 206 valence electrons. The molecule has 0 aliphatic rings. The van der Waals surface area contributed by atoms with E-state index in [2.05, 4.69) is 31.4 Å². The van der Waals surface area contributed by atoms with Gasteiger partial charge in [-0.2, -0.15) is 18.3 Å². The van der Waals surface area contributed by atoms with E-state index in [9.17, 15) is 22.8 Å². The molecular formula is C30H18BrClF3N3O3. The molecule has 6 nitrogen and oxygen atoms in total. The molecule has 5 rings (SSSR count). The topological polar surface area (TPSA) is 83.5 Å². The first-order valence-electron chi connectivity index (χ1n) is 12.0. The predicted molar refractivity (Wildman–Crippen MR) is 154 cm³/mol. The molecule has 1 amide bonds. The van der Waals surface area contributed by atoms with E-state index in [-0.39, 0.29) is 17.0 Å². The van der Waals surface area contributed by atoms with Gasteiger partial charge < -0.3 is 9.72 Å². The van der Waals surface area contributed by atoms with Crippen molar-refractivity contribution in [2.24, 2.45) is 5.10 Å². The summed E-state index contributed by atoms with van der Waals surface area (Å²) >= 11 is 9.89. The van der Waals surface area contributed by atoms with Gasteiger partial charge in [-0.1, -0.05) is 76.1 Å². The summed E-state index contributed by atoms with van der Waals surface area (Å²) in [6, 6.07) is 23.1. The zero-order valence-electron chi connectivity index (χ0n) is 20.8. The summed E-state index contributed by atoms with van der Waals surface area (Å²) in [5.41, 5.74) is 3.76. The summed E-state index contributed by atoms with van der Waals surface area (Å²) < 4.78 is 45.3. The summed E-state index contributed by atoms with van der Waals surface area (Å²) in [6.45, 7) is 0. The number of carbonyl (C=O) groups excluding carboxylic acids is 2. The van der Waals surface area contributed by atoms with Crippen molar-refractivity contribution in [1.29, 1.82) is 0 Å². The Kier molecular flexibility index (Phi) is 7.96. The van der Waals surface area contributed by atoms with Crippen LogP contribution < -0.4 is 10.2 Å². The zero-order chi connectivity index (χ0) is 29.1. The van der Waals surface area contributed by atoms with Crippen molar-refractivity contribution >= 4 is 56.5 Å². The summed E-state index contributed by atoms with van der Waals surface area (Å²) in [6.07, 6.45) is -3.34. The highest BCUT2D eigenvalue weighted by Crippen LogP contribution is 2.37. The number of nitrogens with zero attached hydrogens (tertiary/aromatic N) is 1. The van der Waals surface area contributed by atoms with Gasteiger partial charge in [0.2, 0.25) is 0 Å². The second kappa shape index (κ2) is 11.6. The van der Waals surface area contributed by atoms with Crippen LogP contribution >= 0.6 is 27.5 Å². The minimum atomic E-state index is -4.60. The fourth-order valence-electron chi connectivity index (χ4n) is 4.17. The van der Waals surface area contributed by atoms with Gasteiger partial charge in [0.05, 0.1) is 27.9 Å². The zero-order valence-corrected chi connectivity index (χ0v) is 23.1. The second-order valence-electron chi connectivity index (χ2n) is 8.76. The van der Waals surface area contributed by atoms with Crippen LogP contribution in [0.3, 0.4) is 0 Å². The summed E-state index contributed by atoms with van der Waals surface area (Å²) in [7, 11) is 0. The molecule has 0 unspecified atom stereocenters. The molecule has 0 aliphatic heterocycles. The Morgan fingerprint density at radius 2 is 1.68 bits per heavy atom. The molecule has 0 spiro atoms. The number of halogens is 5. The largest absolute Gasteiger partial charge is 0.422 e. The Balaban J connectivity index is 1.39. The minimum Gasteiger partial charge on any atom is -0.422 e. The number of H-pyrrole nitrogens is 1. The lowest BCUT2D eigenvalue weighted by Gasteiger charge is -2.10. The van der Waals surface area contributed by atoms with Crippen LogP contribution in [0.5, 0.6) is 5.75 Å². The van der Waals surface area contributed by atoms with Gasteiger partial charge in [-0.25, -0.2) is 10.2 Å². The molecule has 1 heterocycles. The van der Waals surface area contributed by atoms with Crippen LogP contribution in [-0.4, -0.2) is 23.1 Å². The van der Waals surface area contributed by atoms with Crippen molar-refractivity contribution in [2.45, 2.75) is 6.18 Å². The van der Waals surface area contributed by atoms with Gasteiger partial charge >= 0.3 is 12.1 Å². The van der Waals surface area contributed by atoms with Crippen molar-refractivity contribution < 1.29 is 27.5 Å². The maximum Gasteiger partial charge on any atom is 0.416 e. The first-order valence-corrected chi connectivity index (χ1v) is 13.2. The van der Waals surface area contributed by atoms with Crippen LogP contribution in [0.1, 0.15) is 32.0 Å². The highest BCUT2D eigenvalue weighted by Gasteiger charge is 2.31. The van der Waals surface area contributed by atoms with E-state index in [1.165, 1.54) is 18.3 Å². The van der Waals surface area contributed by atoms with Gasteiger partial charge in [0.25, 0.3) is 5.91 Å². The molecule has 4 aromatic carbocycles. The smallest absolute Gasteiger partial charge is 0.416 e. The van der Waals surface area contributed by atoms with Gasteiger partial charge in [-0.15, -0.1) is 0 Å². The van der Waals surface area contributed by atoms with E-state index >= 15 is 0 Å². The number of ether oxygens (including phenoxy) is 1. The van der Waals surface area contributed by atoms with Gasteiger partial charge in [0.15, 0.2) is 0 Å². The van der Waals surface area contributed by atoms with Crippen molar-refractivity contribution in [3.63, 3.8) is 0 Å². The number of hydrogen-bond acceptors (Lipinski definition) is 4. The third-order valence-electron chi connectivity index (χ3n) is 6.03. The molecule has 2 N–H and O–H groups in total. The number of para-hydroxylation sites is 1. The number of aromatic nitrogens is 1. The maximum atomic E-state index is 13.3. The fourth-order valence-corrected chi connectivity index (χ4v) is 5.03. The third kappa shape index (κ3) is 6.18. The molecule has 0 saturated carbocycles. The Hall–Kier alpha value is -4.41. The van der Waals surface area contributed by atoms with E-state index in [1.54, 1.807) is 24.3 Å². The SMILES string of the molecule is O=C(Oc1ccccc1C=NNC(=O)c1[nH]c2c(Cl)cc(Br)cc2c1-c1ccccc1)c1cccc(C(F)(F)F)c1. The number of esters is 1. The summed E-state index contributed by atoms with van der Waals surface area (Å²) in [5, 5.41) is 5.18. The fraction of sp³-hybridized carbons (Fsp3) is 0.0333. The Morgan fingerprint density at radius 3 is 2.44 bits per heavy atom. The number of rotatable bonds is 6. The molecule has 1 aromatic heterocycles. The first-order chi connectivity index (χ1) is 19.6. The van der Waals surface area contributed by atoms with Crippen LogP contribution in [0, 0.1) is 0 Å². The molecular weight excluding hydrogens is 623 g/mol. The summed E-state index contributed by atoms with van der Waals surface area (Å²) in [4.78, 5) is 29.0. The maximum absolute atomic E-state index is 13.3. The number of amides is 1.